The first-order valence-electron chi connectivity index (χ1n) is 6.16. The Morgan fingerprint density at radius 3 is 2.95 bits per heavy atom. The van der Waals surface area contributed by atoms with Crippen LogP contribution in [0, 0.1) is 5.82 Å². The van der Waals surface area contributed by atoms with Crippen LogP contribution in [0.3, 0.4) is 0 Å². The summed E-state index contributed by atoms with van der Waals surface area (Å²) >= 11 is 5.97. The van der Waals surface area contributed by atoms with Crippen molar-refractivity contribution in [2.45, 2.75) is 13.0 Å². The van der Waals surface area contributed by atoms with Crippen molar-refractivity contribution in [3.05, 3.63) is 53.1 Å². The Bertz CT molecular complexity index is 756. The van der Waals surface area contributed by atoms with E-state index in [4.69, 9.17) is 11.6 Å². The van der Waals surface area contributed by atoms with Crippen LogP contribution in [-0.4, -0.2) is 15.2 Å². The summed E-state index contributed by atoms with van der Waals surface area (Å²) in [6.45, 7) is 1.89. The molecule has 0 saturated carbocycles. The maximum absolute atomic E-state index is 13.8. The smallest absolute Gasteiger partial charge is 0.158 e. The standard InChI is InChI=1S/C14H12ClFN4/c1-8(9-4-2-3-5-11(9)16)18-12-6-13(15)19-14-10(12)7-17-20-14/h2-8H,1H3,(H2,17,18,19,20)/t8-/m0/s1. The second-order valence-corrected chi connectivity index (χ2v) is 4.90. The van der Waals surface area contributed by atoms with E-state index in [-0.39, 0.29) is 11.9 Å². The number of rotatable bonds is 3. The summed E-state index contributed by atoms with van der Waals surface area (Å²) < 4.78 is 13.8. The number of aromatic nitrogens is 3. The Hall–Kier alpha value is -2.14. The van der Waals surface area contributed by atoms with E-state index in [2.05, 4.69) is 20.5 Å². The second-order valence-electron chi connectivity index (χ2n) is 4.51. The van der Waals surface area contributed by atoms with Gasteiger partial charge in [0.1, 0.15) is 11.0 Å². The summed E-state index contributed by atoms with van der Waals surface area (Å²) in [6, 6.07) is 8.18. The Kier molecular flexibility index (Phi) is 3.28. The number of fused-ring (bicyclic) bond motifs is 1. The molecule has 2 N–H and O–H groups in total. The fourth-order valence-corrected chi connectivity index (χ4v) is 2.35. The zero-order chi connectivity index (χ0) is 14.1. The lowest BCUT2D eigenvalue weighted by Gasteiger charge is -2.17. The molecule has 0 radical (unpaired) electrons. The average molecular weight is 291 g/mol. The van der Waals surface area contributed by atoms with Gasteiger partial charge in [-0.05, 0) is 19.1 Å². The van der Waals surface area contributed by atoms with Gasteiger partial charge >= 0.3 is 0 Å². The molecule has 0 fully saturated rings. The van der Waals surface area contributed by atoms with Gasteiger partial charge in [-0.15, -0.1) is 0 Å². The minimum absolute atomic E-state index is 0.201. The van der Waals surface area contributed by atoms with Crippen LogP contribution in [0.25, 0.3) is 11.0 Å². The van der Waals surface area contributed by atoms with Crippen LogP contribution >= 0.6 is 11.6 Å². The van der Waals surface area contributed by atoms with Gasteiger partial charge in [0.25, 0.3) is 0 Å². The molecule has 3 rings (SSSR count). The fourth-order valence-electron chi connectivity index (χ4n) is 2.15. The Labute approximate surface area is 120 Å². The number of pyridine rings is 1. The minimum Gasteiger partial charge on any atom is -0.378 e. The molecule has 0 aliphatic heterocycles. The maximum atomic E-state index is 13.8. The van der Waals surface area contributed by atoms with Gasteiger partial charge in [0.05, 0.1) is 23.3 Å². The minimum atomic E-state index is -0.240. The van der Waals surface area contributed by atoms with Gasteiger partial charge in [-0.3, -0.25) is 5.10 Å². The molecular weight excluding hydrogens is 279 g/mol. The third kappa shape index (κ3) is 2.32. The third-order valence-corrected chi connectivity index (χ3v) is 3.33. The highest BCUT2D eigenvalue weighted by Crippen LogP contribution is 2.28. The van der Waals surface area contributed by atoms with E-state index >= 15 is 0 Å². The largest absolute Gasteiger partial charge is 0.378 e. The van der Waals surface area contributed by atoms with Crippen LogP contribution in [-0.2, 0) is 0 Å². The lowest BCUT2D eigenvalue weighted by atomic mass is 10.1. The molecule has 0 aliphatic carbocycles. The summed E-state index contributed by atoms with van der Waals surface area (Å²) in [5, 5.41) is 11.1. The van der Waals surface area contributed by atoms with Crippen LogP contribution in [0.2, 0.25) is 5.15 Å². The zero-order valence-corrected chi connectivity index (χ0v) is 11.4. The Morgan fingerprint density at radius 1 is 1.35 bits per heavy atom. The van der Waals surface area contributed by atoms with Crippen molar-refractivity contribution in [2.75, 3.05) is 5.32 Å². The molecule has 0 spiro atoms. The number of benzene rings is 1. The predicted octanol–water partition coefficient (Wildman–Crippen LogP) is 3.92. The van der Waals surface area contributed by atoms with E-state index < -0.39 is 0 Å². The summed E-state index contributed by atoms with van der Waals surface area (Å²) in [4.78, 5) is 4.13. The zero-order valence-electron chi connectivity index (χ0n) is 10.7. The van der Waals surface area contributed by atoms with Gasteiger partial charge in [-0.1, -0.05) is 29.8 Å². The lowest BCUT2D eigenvalue weighted by molar-refractivity contribution is 0.600. The number of aromatic amines is 1. The normalized spacial score (nSPS) is 12.6. The first-order chi connectivity index (χ1) is 9.65. The Balaban J connectivity index is 1.97. The van der Waals surface area contributed by atoms with Crippen molar-refractivity contribution >= 4 is 28.3 Å². The monoisotopic (exact) mass is 290 g/mol. The van der Waals surface area contributed by atoms with E-state index in [1.807, 2.05) is 13.0 Å². The van der Waals surface area contributed by atoms with Gasteiger partial charge in [-0.2, -0.15) is 5.10 Å². The molecule has 1 aromatic carbocycles. The quantitative estimate of drug-likeness (QED) is 0.719. The van der Waals surface area contributed by atoms with E-state index in [9.17, 15) is 4.39 Å². The predicted molar refractivity (Wildman–Crippen MR) is 77.3 cm³/mol. The first kappa shape index (κ1) is 12.9. The van der Waals surface area contributed by atoms with E-state index in [1.165, 1.54) is 6.07 Å². The first-order valence-corrected chi connectivity index (χ1v) is 6.53. The number of anilines is 1. The molecule has 1 atom stereocenters. The SMILES string of the molecule is C[C@H](Nc1cc(Cl)nc2[nH]ncc12)c1ccccc1F. The van der Waals surface area contributed by atoms with E-state index in [0.29, 0.717) is 16.4 Å². The molecule has 0 aliphatic rings. The second kappa shape index (κ2) is 5.09. The van der Waals surface area contributed by atoms with Crippen molar-refractivity contribution < 1.29 is 4.39 Å². The van der Waals surface area contributed by atoms with Gasteiger partial charge in [0.15, 0.2) is 5.65 Å². The molecule has 0 amide bonds. The number of halogens is 2. The number of hydrogen-bond donors (Lipinski definition) is 2. The Morgan fingerprint density at radius 2 is 2.15 bits per heavy atom. The van der Waals surface area contributed by atoms with Crippen LogP contribution in [0.5, 0.6) is 0 Å². The van der Waals surface area contributed by atoms with Crippen LogP contribution in [0.1, 0.15) is 18.5 Å². The molecular formula is C14H12ClFN4. The molecule has 2 heterocycles. The highest BCUT2D eigenvalue weighted by Gasteiger charge is 2.13. The summed E-state index contributed by atoms with van der Waals surface area (Å²) in [6.07, 6.45) is 1.66. The van der Waals surface area contributed by atoms with Crippen molar-refractivity contribution in [2.24, 2.45) is 0 Å². The van der Waals surface area contributed by atoms with E-state index in [0.717, 1.165) is 11.1 Å². The third-order valence-electron chi connectivity index (χ3n) is 3.14. The van der Waals surface area contributed by atoms with Crippen molar-refractivity contribution in [1.29, 1.82) is 0 Å². The molecule has 4 nitrogen and oxygen atoms in total. The van der Waals surface area contributed by atoms with Gasteiger partial charge in [-0.25, -0.2) is 9.37 Å². The molecule has 3 aromatic rings. The summed E-state index contributed by atoms with van der Waals surface area (Å²) in [5.74, 6) is -0.240. The lowest BCUT2D eigenvalue weighted by Crippen LogP contribution is -2.09. The molecule has 6 heteroatoms. The summed E-state index contributed by atoms with van der Waals surface area (Å²) in [5.41, 5.74) is 1.96. The van der Waals surface area contributed by atoms with Crippen LogP contribution in [0.15, 0.2) is 36.5 Å². The van der Waals surface area contributed by atoms with Crippen LogP contribution < -0.4 is 5.32 Å². The number of nitrogens with zero attached hydrogens (tertiary/aromatic N) is 2. The number of nitrogens with one attached hydrogen (secondary N) is 2. The highest BCUT2D eigenvalue weighted by atomic mass is 35.5. The maximum Gasteiger partial charge on any atom is 0.158 e. The van der Waals surface area contributed by atoms with Crippen molar-refractivity contribution in [1.82, 2.24) is 15.2 Å². The fraction of sp³-hybridized carbons (Fsp3) is 0.143. The molecule has 102 valence electrons. The van der Waals surface area contributed by atoms with E-state index in [1.54, 1.807) is 24.4 Å². The summed E-state index contributed by atoms with van der Waals surface area (Å²) in [7, 11) is 0. The number of H-pyrrole nitrogens is 1. The van der Waals surface area contributed by atoms with Gasteiger partial charge in [0.2, 0.25) is 0 Å². The van der Waals surface area contributed by atoms with Gasteiger partial charge < -0.3 is 5.32 Å². The number of hydrogen-bond acceptors (Lipinski definition) is 3. The molecule has 0 unspecified atom stereocenters. The molecule has 2 aromatic heterocycles. The van der Waals surface area contributed by atoms with Crippen LogP contribution in [0.4, 0.5) is 10.1 Å². The average Bonchev–Trinajstić information content (AvgIpc) is 2.87. The highest BCUT2D eigenvalue weighted by molar-refractivity contribution is 6.30. The van der Waals surface area contributed by atoms with Crippen molar-refractivity contribution in [3.63, 3.8) is 0 Å². The topological polar surface area (TPSA) is 53.6 Å². The van der Waals surface area contributed by atoms with Gasteiger partial charge in [0, 0.05) is 5.56 Å². The molecule has 0 bridgehead atoms. The molecule has 0 saturated heterocycles. The van der Waals surface area contributed by atoms with Crippen molar-refractivity contribution in [3.8, 4) is 0 Å². The molecule has 20 heavy (non-hydrogen) atoms.